The van der Waals surface area contributed by atoms with Crippen molar-refractivity contribution >= 4 is 11.7 Å². The third-order valence-electron chi connectivity index (χ3n) is 4.19. The molecule has 2 N–H and O–H groups in total. The molecule has 0 bridgehead atoms. The Labute approximate surface area is 152 Å². The third kappa shape index (κ3) is 3.85. The Morgan fingerprint density at radius 3 is 2.69 bits per heavy atom. The maximum Gasteiger partial charge on any atom is 0.251 e. The van der Waals surface area contributed by atoms with Crippen molar-refractivity contribution in [1.82, 2.24) is 20.3 Å². The molecule has 2 heterocycles. The predicted octanol–water partition coefficient (Wildman–Crippen LogP) is 3.13. The van der Waals surface area contributed by atoms with Crippen molar-refractivity contribution in [2.75, 3.05) is 12.4 Å². The number of hydrogen-bond donors (Lipinski definition) is 2. The van der Waals surface area contributed by atoms with Gasteiger partial charge in [-0.15, -0.1) is 0 Å². The first-order chi connectivity index (χ1) is 12.6. The average Bonchev–Trinajstić information content (AvgIpc) is 2.69. The smallest absolute Gasteiger partial charge is 0.251 e. The zero-order valence-electron chi connectivity index (χ0n) is 15.1. The van der Waals surface area contributed by atoms with Crippen LogP contribution in [0.3, 0.4) is 0 Å². The van der Waals surface area contributed by atoms with E-state index in [4.69, 9.17) is 0 Å². The first-order valence-electron chi connectivity index (χ1n) is 8.39. The van der Waals surface area contributed by atoms with Gasteiger partial charge in [-0.2, -0.15) is 0 Å². The Morgan fingerprint density at radius 2 is 1.96 bits per heavy atom. The Kier molecular flexibility index (Phi) is 5.22. The van der Waals surface area contributed by atoms with Gasteiger partial charge in [0.25, 0.3) is 5.91 Å². The second-order valence-electron chi connectivity index (χ2n) is 5.98. The SMILES string of the molecule is CNC(=O)c1cccc(CNc2nc(-c3cccnc3)nc(C)c2C)c1. The molecule has 0 saturated carbocycles. The van der Waals surface area contributed by atoms with Crippen LogP contribution in [-0.4, -0.2) is 27.9 Å². The molecule has 6 nitrogen and oxygen atoms in total. The standard InChI is InChI=1S/C20H21N5O/c1-13-14(2)24-19(17-8-5-9-22-12-17)25-18(13)23-11-15-6-4-7-16(10-15)20(26)21-3/h4-10,12H,11H2,1-3H3,(H,21,26)(H,23,24,25). The van der Waals surface area contributed by atoms with Crippen molar-refractivity contribution in [2.45, 2.75) is 20.4 Å². The topological polar surface area (TPSA) is 79.8 Å². The van der Waals surface area contributed by atoms with Crippen molar-refractivity contribution in [2.24, 2.45) is 0 Å². The molecule has 0 unspecified atom stereocenters. The first kappa shape index (κ1) is 17.5. The lowest BCUT2D eigenvalue weighted by atomic mass is 10.1. The molecule has 26 heavy (non-hydrogen) atoms. The summed E-state index contributed by atoms with van der Waals surface area (Å²) in [6.45, 7) is 4.52. The van der Waals surface area contributed by atoms with E-state index in [0.29, 0.717) is 17.9 Å². The summed E-state index contributed by atoms with van der Waals surface area (Å²) in [5, 5.41) is 6.00. The van der Waals surface area contributed by atoms with Crippen molar-refractivity contribution in [3.05, 3.63) is 71.2 Å². The van der Waals surface area contributed by atoms with Crippen LogP contribution in [0.15, 0.2) is 48.8 Å². The highest BCUT2D eigenvalue weighted by Gasteiger charge is 2.10. The van der Waals surface area contributed by atoms with Gasteiger partial charge in [-0.3, -0.25) is 9.78 Å². The molecule has 2 aromatic heterocycles. The third-order valence-corrected chi connectivity index (χ3v) is 4.19. The number of rotatable bonds is 5. The Morgan fingerprint density at radius 1 is 1.12 bits per heavy atom. The highest BCUT2D eigenvalue weighted by Crippen LogP contribution is 2.21. The van der Waals surface area contributed by atoms with E-state index in [2.05, 4.69) is 25.6 Å². The molecule has 0 aliphatic heterocycles. The minimum absolute atomic E-state index is 0.0974. The van der Waals surface area contributed by atoms with Gasteiger partial charge in [0.2, 0.25) is 0 Å². The summed E-state index contributed by atoms with van der Waals surface area (Å²) in [5.41, 5.74) is 4.43. The van der Waals surface area contributed by atoms with Crippen molar-refractivity contribution in [3.63, 3.8) is 0 Å². The first-order valence-corrected chi connectivity index (χ1v) is 8.39. The number of benzene rings is 1. The molecule has 0 aliphatic carbocycles. The van der Waals surface area contributed by atoms with E-state index in [9.17, 15) is 4.79 Å². The molecular weight excluding hydrogens is 326 g/mol. The number of anilines is 1. The van der Waals surface area contributed by atoms with E-state index < -0.39 is 0 Å². The fourth-order valence-corrected chi connectivity index (χ4v) is 2.58. The van der Waals surface area contributed by atoms with Crippen LogP contribution in [0.2, 0.25) is 0 Å². The summed E-state index contributed by atoms with van der Waals surface area (Å²) in [7, 11) is 1.63. The van der Waals surface area contributed by atoms with Crippen LogP contribution in [0.5, 0.6) is 0 Å². The van der Waals surface area contributed by atoms with Crippen LogP contribution in [0.25, 0.3) is 11.4 Å². The lowest BCUT2D eigenvalue weighted by Gasteiger charge is -2.13. The van der Waals surface area contributed by atoms with Gasteiger partial charge in [0.05, 0.1) is 0 Å². The van der Waals surface area contributed by atoms with Crippen LogP contribution >= 0.6 is 0 Å². The minimum atomic E-state index is -0.0974. The molecule has 3 rings (SSSR count). The highest BCUT2D eigenvalue weighted by atomic mass is 16.1. The maximum atomic E-state index is 11.8. The van der Waals surface area contributed by atoms with E-state index in [1.54, 1.807) is 25.5 Å². The quantitative estimate of drug-likeness (QED) is 0.741. The highest BCUT2D eigenvalue weighted by molar-refractivity contribution is 5.94. The summed E-state index contributed by atoms with van der Waals surface area (Å²) < 4.78 is 0. The predicted molar refractivity (Wildman–Crippen MR) is 102 cm³/mol. The van der Waals surface area contributed by atoms with Gasteiger partial charge in [0.15, 0.2) is 5.82 Å². The van der Waals surface area contributed by atoms with E-state index in [1.165, 1.54) is 0 Å². The number of nitrogens with zero attached hydrogens (tertiary/aromatic N) is 3. The number of hydrogen-bond acceptors (Lipinski definition) is 5. The zero-order chi connectivity index (χ0) is 18.5. The van der Waals surface area contributed by atoms with Crippen molar-refractivity contribution in [3.8, 4) is 11.4 Å². The van der Waals surface area contributed by atoms with Crippen LogP contribution in [0.4, 0.5) is 5.82 Å². The largest absolute Gasteiger partial charge is 0.366 e. The molecule has 0 atom stereocenters. The zero-order valence-corrected chi connectivity index (χ0v) is 15.1. The fourth-order valence-electron chi connectivity index (χ4n) is 2.58. The second-order valence-corrected chi connectivity index (χ2v) is 5.98. The van der Waals surface area contributed by atoms with Gasteiger partial charge in [0.1, 0.15) is 5.82 Å². The molecule has 1 aromatic carbocycles. The minimum Gasteiger partial charge on any atom is -0.366 e. The van der Waals surface area contributed by atoms with Gasteiger partial charge < -0.3 is 10.6 Å². The molecule has 0 spiro atoms. The Bertz CT molecular complexity index is 925. The van der Waals surface area contributed by atoms with E-state index >= 15 is 0 Å². The fraction of sp³-hybridized carbons (Fsp3) is 0.200. The number of pyridine rings is 1. The molecule has 1 amide bonds. The summed E-state index contributed by atoms with van der Waals surface area (Å²) in [6, 6.07) is 11.3. The molecule has 3 aromatic rings. The summed E-state index contributed by atoms with van der Waals surface area (Å²) >= 11 is 0. The number of carbonyl (C=O) groups excluding carboxylic acids is 1. The van der Waals surface area contributed by atoms with Crippen molar-refractivity contribution < 1.29 is 4.79 Å². The monoisotopic (exact) mass is 347 g/mol. The second kappa shape index (κ2) is 7.74. The van der Waals surface area contributed by atoms with E-state index in [0.717, 1.165) is 28.2 Å². The molecule has 132 valence electrons. The number of aromatic nitrogens is 3. The van der Waals surface area contributed by atoms with Gasteiger partial charge in [0, 0.05) is 48.4 Å². The molecule has 0 aliphatic rings. The average molecular weight is 347 g/mol. The van der Waals surface area contributed by atoms with Crippen LogP contribution < -0.4 is 10.6 Å². The van der Waals surface area contributed by atoms with Crippen LogP contribution in [0, 0.1) is 13.8 Å². The maximum absolute atomic E-state index is 11.8. The number of amides is 1. The molecule has 6 heteroatoms. The molecule has 0 saturated heterocycles. The summed E-state index contributed by atoms with van der Waals surface area (Å²) in [4.78, 5) is 25.1. The number of carbonyl (C=O) groups is 1. The van der Waals surface area contributed by atoms with Gasteiger partial charge in [-0.05, 0) is 43.7 Å². The lowest BCUT2D eigenvalue weighted by Crippen LogP contribution is -2.18. The van der Waals surface area contributed by atoms with Gasteiger partial charge >= 0.3 is 0 Å². The number of nitrogens with one attached hydrogen (secondary N) is 2. The van der Waals surface area contributed by atoms with Crippen LogP contribution in [0.1, 0.15) is 27.2 Å². The molecule has 0 fully saturated rings. The molecular formula is C20H21N5O. The normalized spacial score (nSPS) is 10.4. The number of aryl methyl sites for hydroxylation is 1. The summed E-state index contributed by atoms with van der Waals surface area (Å²) in [5.74, 6) is 1.32. The van der Waals surface area contributed by atoms with Crippen LogP contribution in [-0.2, 0) is 6.54 Å². The van der Waals surface area contributed by atoms with E-state index in [-0.39, 0.29) is 5.91 Å². The Hall–Kier alpha value is -3.28. The lowest BCUT2D eigenvalue weighted by molar-refractivity contribution is 0.0963. The molecule has 0 radical (unpaired) electrons. The van der Waals surface area contributed by atoms with Gasteiger partial charge in [-0.1, -0.05) is 12.1 Å². The Balaban J connectivity index is 1.84. The van der Waals surface area contributed by atoms with Crippen molar-refractivity contribution in [1.29, 1.82) is 0 Å². The summed E-state index contributed by atoms with van der Waals surface area (Å²) in [6.07, 6.45) is 3.48. The van der Waals surface area contributed by atoms with Gasteiger partial charge in [-0.25, -0.2) is 9.97 Å². The van der Waals surface area contributed by atoms with E-state index in [1.807, 2.05) is 44.2 Å².